The molecule has 0 radical (unpaired) electrons. The summed E-state index contributed by atoms with van der Waals surface area (Å²) < 4.78 is 0. The second kappa shape index (κ2) is 5.91. The van der Waals surface area contributed by atoms with Crippen molar-refractivity contribution in [3.8, 4) is 11.5 Å². The van der Waals surface area contributed by atoms with Crippen LogP contribution < -0.4 is 0 Å². The number of rotatable bonds is 4. The van der Waals surface area contributed by atoms with E-state index in [9.17, 15) is 10.2 Å². The fraction of sp³-hybridized carbons (Fsp3) is 0.0588. The summed E-state index contributed by atoms with van der Waals surface area (Å²) in [5.74, 6) is 0.512. The number of benzene rings is 2. The molecule has 0 fully saturated rings. The number of aromatic hydroxyl groups is 2. The summed E-state index contributed by atoms with van der Waals surface area (Å²) >= 11 is 0. The number of hydrogen-bond donors (Lipinski definition) is 2. The van der Waals surface area contributed by atoms with E-state index in [1.807, 2.05) is 36.4 Å². The van der Waals surface area contributed by atoms with Crippen molar-refractivity contribution < 1.29 is 10.2 Å². The lowest BCUT2D eigenvalue weighted by Gasteiger charge is -2.06. The van der Waals surface area contributed by atoms with E-state index in [4.69, 9.17) is 0 Å². The lowest BCUT2D eigenvalue weighted by Crippen LogP contribution is -1.83. The Balaban J connectivity index is 2.36. The standard InChI is InChI=1S/C17H16O2/c1-2-3-15(14-6-10-17(19)11-7-14)12-13-4-8-16(18)9-5-13/h2,4-12,18-19H,1,3H2. The Morgan fingerprint density at radius 2 is 1.42 bits per heavy atom. The fourth-order valence-electron chi connectivity index (χ4n) is 1.86. The zero-order chi connectivity index (χ0) is 13.7. The first-order valence-corrected chi connectivity index (χ1v) is 6.09. The molecule has 0 saturated carbocycles. The predicted molar refractivity (Wildman–Crippen MR) is 78.9 cm³/mol. The van der Waals surface area contributed by atoms with Crippen molar-refractivity contribution >= 4 is 11.6 Å². The Kier molecular flexibility index (Phi) is 4.04. The molecule has 2 N–H and O–H groups in total. The largest absolute Gasteiger partial charge is 0.508 e. The maximum absolute atomic E-state index is 9.32. The van der Waals surface area contributed by atoms with Crippen LogP contribution in [0.5, 0.6) is 11.5 Å². The number of allylic oxidation sites excluding steroid dienone is 2. The van der Waals surface area contributed by atoms with Gasteiger partial charge in [0.05, 0.1) is 0 Å². The van der Waals surface area contributed by atoms with Crippen molar-refractivity contribution in [2.75, 3.05) is 0 Å². The van der Waals surface area contributed by atoms with Gasteiger partial charge in [-0.3, -0.25) is 0 Å². The molecule has 0 aliphatic rings. The minimum atomic E-state index is 0.256. The van der Waals surface area contributed by atoms with Gasteiger partial charge in [0, 0.05) is 0 Å². The Hall–Kier alpha value is -2.48. The summed E-state index contributed by atoms with van der Waals surface area (Å²) in [5.41, 5.74) is 3.18. The lowest BCUT2D eigenvalue weighted by atomic mass is 10.00. The minimum absolute atomic E-state index is 0.256. The highest BCUT2D eigenvalue weighted by Gasteiger charge is 2.01. The van der Waals surface area contributed by atoms with E-state index in [0.29, 0.717) is 0 Å². The topological polar surface area (TPSA) is 40.5 Å². The molecule has 0 aromatic heterocycles. The summed E-state index contributed by atoms with van der Waals surface area (Å²) in [6, 6.07) is 14.1. The maximum atomic E-state index is 9.32. The second-order valence-electron chi connectivity index (χ2n) is 4.30. The first-order chi connectivity index (χ1) is 9.19. The van der Waals surface area contributed by atoms with E-state index in [0.717, 1.165) is 23.1 Å². The molecule has 0 aliphatic heterocycles. The van der Waals surface area contributed by atoms with Gasteiger partial charge in [-0.05, 0) is 47.4 Å². The summed E-state index contributed by atoms with van der Waals surface area (Å²) in [7, 11) is 0. The summed E-state index contributed by atoms with van der Waals surface area (Å²) in [6.07, 6.45) is 4.64. The van der Waals surface area contributed by atoms with Gasteiger partial charge in [-0.25, -0.2) is 0 Å². The molecule has 2 nitrogen and oxygen atoms in total. The molecule has 2 aromatic rings. The lowest BCUT2D eigenvalue weighted by molar-refractivity contribution is 0.474. The highest BCUT2D eigenvalue weighted by atomic mass is 16.3. The number of phenolic OH excluding ortho intramolecular Hbond substituents is 2. The maximum Gasteiger partial charge on any atom is 0.115 e. The van der Waals surface area contributed by atoms with Crippen LogP contribution >= 0.6 is 0 Å². The van der Waals surface area contributed by atoms with Gasteiger partial charge in [-0.15, -0.1) is 6.58 Å². The summed E-state index contributed by atoms with van der Waals surface area (Å²) in [5, 5.41) is 18.6. The third-order valence-electron chi connectivity index (χ3n) is 2.84. The van der Waals surface area contributed by atoms with Crippen LogP contribution in [0.2, 0.25) is 0 Å². The van der Waals surface area contributed by atoms with Gasteiger partial charge < -0.3 is 10.2 Å². The zero-order valence-electron chi connectivity index (χ0n) is 10.6. The van der Waals surface area contributed by atoms with Crippen molar-refractivity contribution in [2.24, 2.45) is 0 Å². The molecule has 96 valence electrons. The molecule has 2 rings (SSSR count). The van der Waals surface area contributed by atoms with Crippen LogP contribution in [0.3, 0.4) is 0 Å². The van der Waals surface area contributed by atoms with Crippen LogP contribution in [-0.4, -0.2) is 10.2 Å². The average Bonchev–Trinajstić information content (AvgIpc) is 2.42. The third-order valence-corrected chi connectivity index (χ3v) is 2.84. The molecule has 0 bridgehead atoms. The van der Waals surface area contributed by atoms with Crippen LogP contribution in [0.4, 0.5) is 0 Å². The molecule has 0 heterocycles. The monoisotopic (exact) mass is 252 g/mol. The highest BCUT2D eigenvalue weighted by Crippen LogP contribution is 2.24. The molecular formula is C17H16O2. The first kappa shape index (κ1) is 13.0. The van der Waals surface area contributed by atoms with Crippen molar-refractivity contribution in [1.82, 2.24) is 0 Å². The fourth-order valence-corrected chi connectivity index (χ4v) is 1.86. The quantitative estimate of drug-likeness (QED) is 0.632. The molecule has 2 heteroatoms. The predicted octanol–water partition coefficient (Wildman–Crippen LogP) is 4.21. The molecule has 0 atom stereocenters. The zero-order valence-corrected chi connectivity index (χ0v) is 10.6. The van der Waals surface area contributed by atoms with Crippen LogP contribution in [0.15, 0.2) is 61.2 Å². The van der Waals surface area contributed by atoms with Gasteiger partial charge in [-0.2, -0.15) is 0 Å². The van der Waals surface area contributed by atoms with Crippen molar-refractivity contribution in [3.05, 3.63) is 72.3 Å². The van der Waals surface area contributed by atoms with Gasteiger partial charge in [0.15, 0.2) is 0 Å². The minimum Gasteiger partial charge on any atom is -0.508 e. The van der Waals surface area contributed by atoms with Gasteiger partial charge in [-0.1, -0.05) is 36.4 Å². The summed E-state index contributed by atoms with van der Waals surface area (Å²) in [4.78, 5) is 0. The Morgan fingerprint density at radius 3 is 1.95 bits per heavy atom. The van der Waals surface area contributed by atoms with Crippen molar-refractivity contribution in [2.45, 2.75) is 6.42 Å². The average molecular weight is 252 g/mol. The number of hydrogen-bond acceptors (Lipinski definition) is 2. The first-order valence-electron chi connectivity index (χ1n) is 6.09. The van der Waals surface area contributed by atoms with Crippen LogP contribution in [0.25, 0.3) is 11.6 Å². The summed E-state index contributed by atoms with van der Waals surface area (Å²) in [6.45, 7) is 3.77. The van der Waals surface area contributed by atoms with E-state index < -0.39 is 0 Å². The Morgan fingerprint density at radius 1 is 0.895 bits per heavy atom. The Labute approximate surface area is 113 Å². The molecule has 0 amide bonds. The molecule has 0 aliphatic carbocycles. The normalized spacial score (nSPS) is 11.3. The molecule has 0 spiro atoms. The molecule has 0 saturated heterocycles. The highest BCUT2D eigenvalue weighted by molar-refractivity contribution is 5.82. The van der Waals surface area contributed by atoms with Gasteiger partial charge in [0.2, 0.25) is 0 Å². The van der Waals surface area contributed by atoms with Gasteiger partial charge >= 0.3 is 0 Å². The molecule has 19 heavy (non-hydrogen) atoms. The molecule has 0 unspecified atom stereocenters. The van der Waals surface area contributed by atoms with E-state index in [1.54, 1.807) is 24.3 Å². The van der Waals surface area contributed by atoms with Gasteiger partial charge in [0.1, 0.15) is 11.5 Å². The molecular weight excluding hydrogens is 236 g/mol. The van der Waals surface area contributed by atoms with Crippen molar-refractivity contribution in [1.29, 1.82) is 0 Å². The van der Waals surface area contributed by atoms with Crippen molar-refractivity contribution in [3.63, 3.8) is 0 Å². The van der Waals surface area contributed by atoms with Gasteiger partial charge in [0.25, 0.3) is 0 Å². The van der Waals surface area contributed by atoms with Crippen LogP contribution in [0, 0.1) is 0 Å². The number of phenols is 2. The van der Waals surface area contributed by atoms with E-state index in [1.165, 1.54) is 0 Å². The van der Waals surface area contributed by atoms with E-state index in [2.05, 4.69) is 6.58 Å². The Bertz CT molecular complexity index is 578. The smallest absolute Gasteiger partial charge is 0.115 e. The van der Waals surface area contributed by atoms with E-state index in [-0.39, 0.29) is 11.5 Å². The second-order valence-corrected chi connectivity index (χ2v) is 4.30. The third kappa shape index (κ3) is 3.49. The SMILES string of the molecule is C=CCC(=Cc1ccc(O)cc1)c1ccc(O)cc1. The van der Waals surface area contributed by atoms with Crippen LogP contribution in [0.1, 0.15) is 17.5 Å². The van der Waals surface area contributed by atoms with E-state index >= 15 is 0 Å². The molecule has 2 aromatic carbocycles. The van der Waals surface area contributed by atoms with Crippen LogP contribution in [-0.2, 0) is 0 Å².